The zero-order valence-corrected chi connectivity index (χ0v) is 27.1. The third-order valence-corrected chi connectivity index (χ3v) is 10.2. The first-order chi connectivity index (χ1) is 22.4. The van der Waals surface area contributed by atoms with E-state index in [1.807, 2.05) is 30.3 Å². The molecule has 1 N–H and O–H groups in total. The number of anilines is 4. The van der Waals surface area contributed by atoms with Gasteiger partial charge in [-0.15, -0.1) is 0 Å². The first-order valence-corrected chi connectivity index (χ1v) is 16.4. The molecule has 3 atom stereocenters. The number of allylic oxidation sites excluding steroid dienone is 1. The number of aromatic nitrogens is 3. The molecule has 11 nitrogen and oxygen atoms in total. The van der Waals surface area contributed by atoms with Gasteiger partial charge >= 0.3 is 0 Å². The molecule has 0 bridgehead atoms. The van der Waals surface area contributed by atoms with Gasteiger partial charge in [-0.05, 0) is 62.6 Å². The van der Waals surface area contributed by atoms with Crippen molar-refractivity contribution in [1.29, 1.82) is 0 Å². The Morgan fingerprint density at radius 2 is 1.96 bits per heavy atom. The average Bonchev–Trinajstić information content (AvgIpc) is 3.57. The molecule has 0 saturated carbocycles. The van der Waals surface area contributed by atoms with Gasteiger partial charge in [0.2, 0.25) is 0 Å². The maximum Gasteiger partial charge on any atom is 0.158 e. The van der Waals surface area contributed by atoms with Crippen molar-refractivity contribution < 1.29 is 14.4 Å². The number of benzene rings is 1. The van der Waals surface area contributed by atoms with Crippen molar-refractivity contribution in [1.82, 2.24) is 24.8 Å². The lowest BCUT2D eigenvalue weighted by Crippen LogP contribution is -2.79. The Kier molecular flexibility index (Phi) is 8.63. The number of fused-ring (bicyclic) bond motifs is 1. The highest BCUT2D eigenvalue weighted by atomic mass is 16.7. The van der Waals surface area contributed by atoms with E-state index in [4.69, 9.17) is 9.57 Å². The number of hydrogen-bond donors (Lipinski definition) is 1. The van der Waals surface area contributed by atoms with Crippen LogP contribution in [0.4, 0.5) is 23.0 Å². The van der Waals surface area contributed by atoms with Crippen molar-refractivity contribution >= 4 is 28.8 Å². The molecule has 4 aliphatic rings. The molecule has 0 aliphatic carbocycles. The van der Waals surface area contributed by atoms with E-state index in [-0.39, 0.29) is 11.8 Å². The number of rotatable bonds is 11. The first-order valence-electron chi connectivity index (χ1n) is 16.4. The van der Waals surface area contributed by atoms with Crippen LogP contribution in [0.2, 0.25) is 0 Å². The smallest absolute Gasteiger partial charge is 0.158 e. The Morgan fingerprint density at radius 3 is 2.65 bits per heavy atom. The normalized spacial score (nSPS) is 23.4. The molecule has 0 amide bonds. The van der Waals surface area contributed by atoms with E-state index in [2.05, 4.69) is 66.8 Å². The summed E-state index contributed by atoms with van der Waals surface area (Å²) in [5, 5.41) is 5.32. The standard InChI is InChI=1S/C35H44N8O3/c1-5-27(44)9-8-24-16-28(33(45-4)17-30(24)41-13-10-26(11-14-41)42-21-31-32(42)20-40(31)3)39-34-18-35(38-22-37-34)43-29(12-15-46-43)25-7-6-23(2)36-19-25/h5-7,16-19,22,26,29,31-32H,1,8-15,20-21H2,2-4H3,(H,37,38,39)/t29-,31?,32?/m1/s1. The molecule has 3 aromatic rings. The Balaban J connectivity index is 1.10. The van der Waals surface area contributed by atoms with Crippen LogP contribution in [0.1, 0.15) is 48.5 Å². The van der Waals surface area contributed by atoms with Crippen molar-refractivity contribution in [3.63, 3.8) is 0 Å². The number of nitrogens with one attached hydrogen (secondary N) is 1. The van der Waals surface area contributed by atoms with Gasteiger partial charge in [-0.2, -0.15) is 0 Å². The number of likely N-dealkylation sites (tertiary alicyclic amines) is 2. The second kappa shape index (κ2) is 13.0. The summed E-state index contributed by atoms with van der Waals surface area (Å²) >= 11 is 0. The summed E-state index contributed by atoms with van der Waals surface area (Å²) in [6.07, 6.45) is 9.00. The van der Waals surface area contributed by atoms with E-state index in [1.165, 1.54) is 19.2 Å². The summed E-state index contributed by atoms with van der Waals surface area (Å²) in [5.74, 6) is 2.05. The van der Waals surface area contributed by atoms with Crippen LogP contribution in [0.3, 0.4) is 0 Å². The van der Waals surface area contributed by atoms with E-state index >= 15 is 0 Å². The van der Waals surface area contributed by atoms with Crippen LogP contribution >= 0.6 is 0 Å². The van der Waals surface area contributed by atoms with E-state index in [9.17, 15) is 4.79 Å². The number of piperidine rings is 1. The van der Waals surface area contributed by atoms with Gasteiger partial charge in [0.1, 0.15) is 17.9 Å². The van der Waals surface area contributed by atoms with Crippen molar-refractivity contribution in [2.45, 2.75) is 63.2 Å². The second-order valence-electron chi connectivity index (χ2n) is 12.9. The fourth-order valence-corrected chi connectivity index (χ4v) is 7.45. The fraction of sp³-hybridized carbons (Fsp3) is 0.486. The van der Waals surface area contributed by atoms with Crippen LogP contribution in [-0.4, -0.2) is 95.6 Å². The second-order valence-corrected chi connectivity index (χ2v) is 12.9. The summed E-state index contributed by atoms with van der Waals surface area (Å²) in [6.45, 7) is 10.6. The highest BCUT2D eigenvalue weighted by Gasteiger charge is 2.51. The summed E-state index contributed by atoms with van der Waals surface area (Å²) in [4.78, 5) is 39.5. The van der Waals surface area contributed by atoms with E-state index in [0.29, 0.717) is 37.1 Å². The SMILES string of the molecule is C=CC(=O)CCc1cc(Nc2cc(N3OCC[C@@H]3c3ccc(C)nc3)ncn2)c(OC)cc1N1CCC(N2CC3C2CN3C)CC1. The highest BCUT2D eigenvalue weighted by molar-refractivity contribution is 5.89. The molecule has 4 saturated heterocycles. The number of carbonyl (C=O) groups is 1. The lowest BCUT2D eigenvalue weighted by Gasteiger charge is -2.64. The number of aryl methyl sites for hydroxylation is 2. The van der Waals surface area contributed by atoms with Gasteiger partial charge in [0.25, 0.3) is 0 Å². The van der Waals surface area contributed by atoms with Gasteiger partial charge in [-0.25, -0.2) is 15.0 Å². The molecule has 11 heteroatoms. The molecule has 0 radical (unpaired) electrons. The van der Waals surface area contributed by atoms with Crippen LogP contribution in [0.25, 0.3) is 0 Å². The first kappa shape index (κ1) is 30.6. The van der Waals surface area contributed by atoms with Crippen molar-refractivity contribution in [3.8, 4) is 5.75 Å². The fourth-order valence-electron chi connectivity index (χ4n) is 7.45. The summed E-state index contributed by atoms with van der Waals surface area (Å²) in [6, 6.07) is 12.4. The monoisotopic (exact) mass is 624 g/mol. The minimum atomic E-state index is 0.0142. The summed E-state index contributed by atoms with van der Waals surface area (Å²) in [5.41, 5.74) is 5.08. The number of carbonyl (C=O) groups excluding carboxylic acids is 1. The van der Waals surface area contributed by atoms with Crippen LogP contribution in [0, 0.1) is 6.92 Å². The van der Waals surface area contributed by atoms with Crippen LogP contribution in [0.15, 0.2) is 55.5 Å². The largest absolute Gasteiger partial charge is 0.494 e. The number of ether oxygens (including phenoxy) is 1. The summed E-state index contributed by atoms with van der Waals surface area (Å²) < 4.78 is 5.92. The molecule has 1 aromatic carbocycles. The average molecular weight is 625 g/mol. The highest BCUT2D eigenvalue weighted by Crippen LogP contribution is 2.40. The number of pyridine rings is 1. The molecule has 7 rings (SSSR count). The van der Waals surface area contributed by atoms with Gasteiger partial charge < -0.3 is 15.0 Å². The van der Waals surface area contributed by atoms with Crippen molar-refractivity contribution in [2.24, 2.45) is 0 Å². The quantitative estimate of drug-likeness (QED) is 0.306. The Hall–Kier alpha value is -4.06. The van der Waals surface area contributed by atoms with Crippen molar-refractivity contribution in [3.05, 3.63) is 72.3 Å². The molecule has 2 aromatic heterocycles. The molecule has 242 valence electrons. The molecular formula is C35H44N8O3. The number of piperazine rings is 1. The maximum atomic E-state index is 12.3. The summed E-state index contributed by atoms with van der Waals surface area (Å²) in [7, 11) is 3.92. The Labute approximate surface area is 271 Å². The molecule has 2 unspecified atom stereocenters. The van der Waals surface area contributed by atoms with Crippen LogP contribution in [0.5, 0.6) is 5.75 Å². The third-order valence-electron chi connectivity index (χ3n) is 10.2. The number of methoxy groups -OCH3 is 1. The Bertz CT molecular complexity index is 1570. The van der Waals surface area contributed by atoms with E-state index in [1.54, 1.807) is 13.4 Å². The van der Waals surface area contributed by atoms with Gasteiger partial charge in [-0.1, -0.05) is 12.6 Å². The Morgan fingerprint density at radius 1 is 1.11 bits per heavy atom. The molecule has 0 spiro atoms. The van der Waals surface area contributed by atoms with Crippen molar-refractivity contribution in [2.75, 3.05) is 62.2 Å². The molecule has 6 heterocycles. The minimum absolute atomic E-state index is 0.0142. The van der Waals surface area contributed by atoms with Crippen LogP contribution in [-0.2, 0) is 16.1 Å². The molecule has 4 fully saturated rings. The number of hydrogen-bond acceptors (Lipinski definition) is 11. The predicted octanol–water partition coefficient (Wildman–Crippen LogP) is 4.47. The van der Waals surface area contributed by atoms with Gasteiger partial charge in [0.15, 0.2) is 11.6 Å². The number of ketones is 1. The topological polar surface area (TPSA) is 99.2 Å². The number of likely N-dealkylation sites (N-methyl/N-ethyl adjacent to an activating group) is 1. The minimum Gasteiger partial charge on any atom is -0.494 e. The zero-order valence-electron chi connectivity index (χ0n) is 27.1. The van der Waals surface area contributed by atoms with E-state index in [0.717, 1.165) is 78.4 Å². The predicted molar refractivity (Wildman–Crippen MR) is 179 cm³/mol. The molecular weight excluding hydrogens is 580 g/mol. The third kappa shape index (κ3) is 5.94. The maximum absolute atomic E-state index is 12.3. The van der Waals surface area contributed by atoms with Gasteiger partial charge in [-0.3, -0.25) is 24.4 Å². The number of nitrogens with zero attached hydrogens (tertiary/aromatic N) is 7. The lowest BCUT2D eigenvalue weighted by atomic mass is 9.82. The van der Waals surface area contributed by atoms with E-state index < -0.39 is 0 Å². The molecule has 46 heavy (non-hydrogen) atoms. The van der Waals surface area contributed by atoms with Crippen LogP contribution < -0.4 is 20.0 Å². The zero-order chi connectivity index (χ0) is 31.8. The lowest BCUT2D eigenvalue weighted by molar-refractivity contribution is -0.134. The van der Waals surface area contributed by atoms with Gasteiger partial charge in [0, 0.05) is 86.9 Å². The number of hydroxylamine groups is 1. The van der Waals surface area contributed by atoms with Gasteiger partial charge in [0.05, 0.1) is 25.4 Å². The molecule has 4 aliphatic heterocycles.